The molecule has 1 aromatic rings. The highest BCUT2D eigenvalue weighted by Gasteiger charge is 2.70. The molecule has 6 nitrogen and oxygen atoms in total. The Hall–Kier alpha value is -1.57. The Labute approximate surface area is 179 Å². The van der Waals surface area contributed by atoms with E-state index in [9.17, 15) is 14.4 Å². The number of rotatable bonds is 4. The zero-order valence-corrected chi connectivity index (χ0v) is 17.8. The Balaban J connectivity index is 1.63. The fraction of sp³-hybridized carbons (Fsp3) is 0.571. The minimum Gasteiger partial charge on any atom is -0.324 e. The molecule has 154 valence electrons. The molecule has 3 fully saturated rings. The predicted octanol–water partition coefficient (Wildman–Crippen LogP) is 2.76. The van der Waals surface area contributed by atoms with E-state index in [2.05, 4.69) is 10.6 Å². The maximum absolute atomic E-state index is 13.7. The third-order valence-corrected chi connectivity index (χ3v) is 7.91. The third-order valence-electron chi connectivity index (χ3n) is 7.03. The zero-order chi connectivity index (χ0) is 20.3. The highest BCUT2D eigenvalue weighted by Crippen LogP contribution is 2.54. The van der Waals surface area contributed by atoms with Crippen LogP contribution in [0.5, 0.6) is 0 Å². The number of thioether (sulfide) groups is 1. The Kier molecular flexibility index (Phi) is 4.68. The Morgan fingerprint density at radius 2 is 1.97 bits per heavy atom. The van der Waals surface area contributed by atoms with Gasteiger partial charge in [0, 0.05) is 28.4 Å². The molecular formula is C21H24ClN3O3S. The van der Waals surface area contributed by atoms with E-state index in [1.165, 1.54) is 4.90 Å². The number of fused-ring (bicyclic) bond motifs is 4. The number of imide groups is 1. The summed E-state index contributed by atoms with van der Waals surface area (Å²) >= 11 is 7.96. The Morgan fingerprint density at radius 1 is 1.21 bits per heavy atom. The second-order valence-electron chi connectivity index (χ2n) is 8.47. The summed E-state index contributed by atoms with van der Waals surface area (Å²) in [7, 11) is 0. The molecule has 1 aromatic carbocycles. The summed E-state index contributed by atoms with van der Waals surface area (Å²) < 4.78 is 0. The van der Waals surface area contributed by atoms with Crippen LogP contribution in [-0.4, -0.2) is 46.7 Å². The molecule has 3 aliphatic heterocycles. The fourth-order valence-electron chi connectivity index (χ4n) is 5.81. The van der Waals surface area contributed by atoms with Crippen molar-refractivity contribution in [3.05, 3.63) is 28.8 Å². The third kappa shape index (κ3) is 2.63. The number of carbonyl (C=O) groups is 3. The number of anilines is 1. The number of halogens is 1. The quantitative estimate of drug-likeness (QED) is 0.714. The average Bonchev–Trinajstić information content (AvgIpc) is 3.43. The van der Waals surface area contributed by atoms with Crippen LogP contribution >= 0.6 is 23.4 Å². The number of likely N-dealkylation sites (tertiary alicyclic amines) is 1. The lowest BCUT2D eigenvalue weighted by Gasteiger charge is -2.31. The normalized spacial score (nSPS) is 33.7. The molecule has 2 saturated heterocycles. The van der Waals surface area contributed by atoms with Gasteiger partial charge in [-0.15, -0.1) is 0 Å². The zero-order valence-electron chi connectivity index (χ0n) is 16.2. The molecule has 29 heavy (non-hydrogen) atoms. The van der Waals surface area contributed by atoms with Crippen LogP contribution in [0.25, 0.3) is 0 Å². The van der Waals surface area contributed by atoms with Crippen molar-refractivity contribution < 1.29 is 14.4 Å². The molecule has 8 heteroatoms. The van der Waals surface area contributed by atoms with E-state index in [4.69, 9.17) is 11.6 Å². The van der Waals surface area contributed by atoms with Crippen molar-refractivity contribution in [1.82, 2.24) is 10.2 Å². The minimum absolute atomic E-state index is 0.0258. The standard InChI is InChI=1S/C21H24ClN3O3S/c1-29-9-8-15-16-17(19(27)25(18(16)26)12-4-2-3-5-12)21(24-15)13-10-11(22)6-7-14(13)23-20(21)28/h6-7,10,12,15-17,24H,2-5,8-9H2,1H3,(H,23,28)/t15-,16-,17+,21-/m1/s1. The minimum atomic E-state index is -1.23. The van der Waals surface area contributed by atoms with Crippen molar-refractivity contribution in [3.63, 3.8) is 0 Å². The molecule has 1 spiro atoms. The van der Waals surface area contributed by atoms with Crippen LogP contribution in [0, 0.1) is 11.8 Å². The van der Waals surface area contributed by atoms with Crippen molar-refractivity contribution >= 4 is 46.8 Å². The van der Waals surface area contributed by atoms with Crippen molar-refractivity contribution in [2.24, 2.45) is 11.8 Å². The molecule has 3 amide bonds. The molecule has 0 aromatic heterocycles. The number of benzene rings is 1. The maximum atomic E-state index is 13.7. The SMILES string of the molecule is CSCC[C@H]1N[C@@]2(C(=O)Nc3ccc(Cl)cc32)[C@@H]2C(=O)N(C3CCCC3)C(=O)[C@@H]21. The lowest BCUT2D eigenvalue weighted by molar-refractivity contribution is -0.145. The Bertz CT molecular complexity index is 903. The Morgan fingerprint density at radius 3 is 2.69 bits per heavy atom. The van der Waals surface area contributed by atoms with Crippen molar-refractivity contribution in [2.75, 3.05) is 17.3 Å². The summed E-state index contributed by atoms with van der Waals surface area (Å²) in [6, 6.07) is 5.01. The number of nitrogens with zero attached hydrogens (tertiary/aromatic N) is 1. The summed E-state index contributed by atoms with van der Waals surface area (Å²) in [4.78, 5) is 41.9. The van der Waals surface area contributed by atoms with Gasteiger partial charge in [-0.3, -0.25) is 24.6 Å². The fourth-order valence-corrected chi connectivity index (χ4v) is 6.47. The van der Waals surface area contributed by atoms with Gasteiger partial charge in [-0.1, -0.05) is 24.4 Å². The van der Waals surface area contributed by atoms with Crippen LogP contribution in [0.3, 0.4) is 0 Å². The number of nitrogens with one attached hydrogen (secondary N) is 2. The second-order valence-corrected chi connectivity index (χ2v) is 9.89. The second kappa shape index (κ2) is 7.00. The first-order valence-corrected chi connectivity index (χ1v) is 12.0. The smallest absolute Gasteiger partial charge is 0.250 e. The van der Waals surface area contributed by atoms with Gasteiger partial charge >= 0.3 is 0 Å². The molecule has 2 N–H and O–H groups in total. The van der Waals surface area contributed by atoms with E-state index in [0.717, 1.165) is 37.9 Å². The van der Waals surface area contributed by atoms with Gasteiger partial charge in [0.2, 0.25) is 17.7 Å². The number of amides is 3. The first-order valence-electron chi connectivity index (χ1n) is 10.2. The van der Waals surface area contributed by atoms with Crippen LogP contribution < -0.4 is 10.6 Å². The number of carbonyl (C=O) groups excluding carboxylic acids is 3. The van der Waals surface area contributed by atoms with E-state index < -0.39 is 17.4 Å². The monoisotopic (exact) mass is 433 g/mol. The summed E-state index contributed by atoms with van der Waals surface area (Å²) in [6.45, 7) is 0. The molecule has 4 aliphatic rings. The topological polar surface area (TPSA) is 78.5 Å². The average molecular weight is 434 g/mol. The lowest BCUT2D eigenvalue weighted by atomic mass is 9.76. The van der Waals surface area contributed by atoms with Crippen molar-refractivity contribution in [3.8, 4) is 0 Å². The first kappa shape index (κ1) is 19.4. The van der Waals surface area contributed by atoms with E-state index in [-0.39, 0.29) is 29.8 Å². The van der Waals surface area contributed by atoms with E-state index in [1.54, 1.807) is 30.0 Å². The molecule has 1 saturated carbocycles. The molecule has 3 heterocycles. The lowest BCUT2D eigenvalue weighted by Crippen LogP contribution is -2.54. The molecular weight excluding hydrogens is 410 g/mol. The van der Waals surface area contributed by atoms with Gasteiger partial charge in [0.1, 0.15) is 5.54 Å². The van der Waals surface area contributed by atoms with Crippen LogP contribution in [0.2, 0.25) is 5.02 Å². The molecule has 0 bridgehead atoms. The van der Waals surface area contributed by atoms with E-state index in [1.807, 2.05) is 6.26 Å². The number of hydrogen-bond donors (Lipinski definition) is 2. The summed E-state index contributed by atoms with van der Waals surface area (Å²) in [5, 5.41) is 6.88. The highest BCUT2D eigenvalue weighted by atomic mass is 35.5. The summed E-state index contributed by atoms with van der Waals surface area (Å²) in [6.07, 6.45) is 6.55. The van der Waals surface area contributed by atoms with E-state index >= 15 is 0 Å². The van der Waals surface area contributed by atoms with Crippen molar-refractivity contribution in [2.45, 2.75) is 49.7 Å². The van der Waals surface area contributed by atoms with Crippen LogP contribution in [-0.2, 0) is 19.9 Å². The predicted molar refractivity (Wildman–Crippen MR) is 113 cm³/mol. The molecule has 4 atom stereocenters. The van der Waals surface area contributed by atoms with Gasteiger partial charge in [0.25, 0.3) is 0 Å². The van der Waals surface area contributed by atoms with Gasteiger partial charge in [0.05, 0.1) is 11.8 Å². The van der Waals surface area contributed by atoms with Gasteiger partial charge in [-0.25, -0.2) is 0 Å². The molecule has 5 rings (SSSR count). The largest absolute Gasteiger partial charge is 0.324 e. The maximum Gasteiger partial charge on any atom is 0.250 e. The van der Waals surface area contributed by atoms with Crippen LogP contribution in [0.15, 0.2) is 18.2 Å². The van der Waals surface area contributed by atoms with Gasteiger partial charge in [-0.05, 0) is 49.5 Å². The van der Waals surface area contributed by atoms with Crippen molar-refractivity contribution in [1.29, 1.82) is 0 Å². The summed E-state index contributed by atoms with van der Waals surface area (Å²) in [5.74, 6) is -0.940. The van der Waals surface area contributed by atoms with Crippen LogP contribution in [0.4, 0.5) is 5.69 Å². The van der Waals surface area contributed by atoms with Gasteiger partial charge in [0.15, 0.2) is 0 Å². The van der Waals surface area contributed by atoms with E-state index in [0.29, 0.717) is 16.3 Å². The van der Waals surface area contributed by atoms with Gasteiger partial charge < -0.3 is 5.32 Å². The van der Waals surface area contributed by atoms with Gasteiger partial charge in [-0.2, -0.15) is 11.8 Å². The summed E-state index contributed by atoms with van der Waals surface area (Å²) in [5.41, 5.74) is 0.121. The number of hydrogen-bond acceptors (Lipinski definition) is 5. The first-order chi connectivity index (χ1) is 14.0. The highest BCUT2D eigenvalue weighted by molar-refractivity contribution is 7.98. The van der Waals surface area contributed by atoms with Crippen LogP contribution in [0.1, 0.15) is 37.7 Å². The molecule has 1 aliphatic carbocycles. The molecule has 0 unspecified atom stereocenters. The molecule has 0 radical (unpaired) electrons.